The highest BCUT2D eigenvalue weighted by molar-refractivity contribution is 6.24. The molecule has 0 aliphatic heterocycles. The van der Waals surface area contributed by atoms with Crippen molar-refractivity contribution in [2.24, 2.45) is 17.6 Å². The largest absolute Gasteiger partial charge is 0.510 e. The number of hydrogen-bond acceptors (Lipinski definition) is 9. The Labute approximate surface area is 243 Å². The van der Waals surface area contributed by atoms with E-state index >= 15 is 0 Å². The maximum atomic E-state index is 14.6. The Morgan fingerprint density at radius 2 is 1.77 bits per heavy atom. The summed E-state index contributed by atoms with van der Waals surface area (Å²) in [5, 5.41) is 47.5. The Bertz CT molecular complexity index is 1600. The smallest absolute Gasteiger partial charge is 0.417 e. The van der Waals surface area contributed by atoms with Gasteiger partial charge >= 0.3 is 6.18 Å². The SMILES string of the molecule is CN(C)[C@@H]1C(O)=C(C(N)=O)C(=O)[C@@]2(O)C(O)=C3C(=O)c4c(O)cc(CNCc5ccccc5)c(C(F)(F)F)c4C[C@H]3C[C@@H]12. The molecule has 0 saturated carbocycles. The van der Waals surface area contributed by atoms with Gasteiger partial charge in [-0.15, -0.1) is 0 Å². The highest BCUT2D eigenvalue weighted by atomic mass is 19.4. The molecule has 13 heteroatoms. The molecule has 2 aromatic carbocycles. The number of primary amides is 1. The number of phenolic OH excluding ortho intramolecular Hbond substituents is 1. The Kier molecular flexibility index (Phi) is 7.39. The molecule has 3 aliphatic rings. The summed E-state index contributed by atoms with van der Waals surface area (Å²) >= 11 is 0. The monoisotopic (exact) mass is 601 g/mol. The van der Waals surface area contributed by atoms with Crippen molar-refractivity contribution in [1.29, 1.82) is 0 Å². The lowest BCUT2D eigenvalue weighted by Crippen LogP contribution is -2.63. The Morgan fingerprint density at radius 3 is 2.35 bits per heavy atom. The number of fused-ring (bicyclic) bond motifs is 3. The second-order valence-electron chi connectivity index (χ2n) is 11.3. The summed E-state index contributed by atoms with van der Waals surface area (Å²) in [6.45, 7) is -0.0473. The molecule has 0 radical (unpaired) electrons. The van der Waals surface area contributed by atoms with E-state index in [4.69, 9.17) is 5.73 Å². The molecular formula is C30H30F3N3O7. The molecule has 0 aromatic heterocycles. The lowest BCUT2D eigenvalue weighted by Gasteiger charge is -2.50. The highest BCUT2D eigenvalue weighted by Crippen LogP contribution is 2.53. The molecular weight excluding hydrogens is 571 g/mol. The first-order valence-corrected chi connectivity index (χ1v) is 13.4. The average Bonchev–Trinajstić information content (AvgIpc) is 2.90. The molecule has 0 heterocycles. The van der Waals surface area contributed by atoms with E-state index in [1.54, 1.807) is 30.3 Å². The van der Waals surface area contributed by atoms with Crippen LogP contribution in [0.1, 0.15) is 39.0 Å². The van der Waals surface area contributed by atoms with E-state index < -0.39 is 98.7 Å². The van der Waals surface area contributed by atoms with Crippen LogP contribution in [0.15, 0.2) is 59.1 Å². The van der Waals surface area contributed by atoms with Gasteiger partial charge in [-0.1, -0.05) is 30.3 Å². The number of aliphatic hydroxyl groups is 3. The molecule has 4 atom stereocenters. The van der Waals surface area contributed by atoms with Gasteiger partial charge in [0.05, 0.1) is 17.2 Å². The van der Waals surface area contributed by atoms with E-state index in [1.165, 1.54) is 19.0 Å². The molecule has 0 saturated heterocycles. The first-order chi connectivity index (χ1) is 20.1. The number of ketones is 2. The van der Waals surface area contributed by atoms with Gasteiger partial charge in [-0.25, -0.2) is 0 Å². The van der Waals surface area contributed by atoms with Crippen molar-refractivity contribution in [2.75, 3.05) is 14.1 Å². The zero-order chi connectivity index (χ0) is 31.6. The van der Waals surface area contributed by atoms with Crippen LogP contribution in [0.25, 0.3) is 0 Å². The van der Waals surface area contributed by atoms with Crippen LogP contribution < -0.4 is 11.1 Å². The van der Waals surface area contributed by atoms with Gasteiger partial charge < -0.3 is 31.5 Å². The molecule has 0 fully saturated rings. The predicted molar refractivity (Wildman–Crippen MR) is 146 cm³/mol. The third-order valence-corrected chi connectivity index (χ3v) is 8.58. The Hall–Kier alpha value is -4.20. The molecule has 10 nitrogen and oxygen atoms in total. The maximum absolute atomic E-state index is 14.6. The van der Waals surface area contributed by atoms with Crippen LogP contribution in [0.5, 0.6) is 5.75 Å². The minimum absolute atomic E-state index is 0.239. The van der Waals surface area contributed by atoms with Gasteiger partial charge in [0.2, 0.25) is 5.78 Å². The third kappa shape index (κ3) is 4.67. The number of carbonyl (C=O) groups excluding carboxylic acids is 3. The summed E-state index contributed by atoms with van der Waals surface area (Å²) in [5.74, 6) is -9.13. The van der Waals surface area contributed by atoms with E-state index in [9.17, 15) is 48.0 Å². The Balaban J connectivity index is 1.63. The van der Waals surface area contributed by atoms with Crippen LogP contribution in [-0.2, 0) is 35.3 Å². The number of likely N-dealkylation sites (N-methyl/N-ethyl adjacent to an activating group) is 1. The molecule has 0 spiro atoms. The van der Waals surface area contributed by atoms with E-state index in [1.807, 2.05) is 0 Å². The second kappa shape index (κ2) is 10.5. The topological polar surface area (TPSA) is 173 Å². The highest BCUT2D eigenvalue weighted by Gasteiger charge is 2.63. The number of nitrogens with one attached hydrogen (secondary N) is 1. The van der Waals surface area contributed by atoms with Gasteiger partial charge in [0.25, 0.3) is 5.91 Å². The van der Waals surface area contributed by atoms with Gasteiger partial charge in [-0.05, 0) is 55.6 Å². The number of halogens is 3. The summed E-state index contributed by atoms with van der Waals surface area (Å²) in [4.78, 5) is 40.5. The first-order valence-electron chi connectivity index (χ1n) is 13.4. The van der Waals surface area contributed by atoms with Gasteiger partial charge in [0.1, 0.15) is 22.8 Å². The molecule has 43 heavy (non-hydrogen) atoms. The zero-order valence-corrected chi connectivity index (χ0v) is 23.2. The van der Waals surface area contributed by atoms with E-state index in [-0.39, 0.29) is 25.1 Å². The predicted octanol–water partition coefficient (Wildman–Crippen LogP) is 2.43. The van der Waals surface area contributed by atoms with Gasteiger partial charge in [0.15, 0.2) is 11.4 Å². The lowest BCUT2D eigenvalue weighted by atomic mass is 9.58. The normalized spacial score (nSPS) is 25.5. The summed E-state index contributed by atoms with van der Waals surface area (Å²) in [5.41, 5.74) is -0.811. The molecule has 1 amide bonds. The van der Waals surface area contributed by atoms with Gasteiger partial charge in [-0.3, -0.25) is 19.3 Å². The van der Waals surface area contributed by atoms with Crippen molar-refractivity contribution in [3.63, 3.8) is 0 Å². The number of alkyl halides is 3. The molecule has 3 aliphatic carbocycles. The lowest BCUT2D eigenvalue weighted by molar-refractivity contribution is -0.148. The second-order valence-corrected chi connectivity index (χ2v) is 11.3. The number of amides is 1. The van der Waals surface area contributed by atoms with Crippen LogP contribution >= 0.6 is 0 Å². The summed E-state index contributed by atoms with van der Waals surface area (Å²) in [7, 11) is 2.92. The number of nitrogens with two attached hydrogens (primary N) is 1. The molecule has 2 aromatic rings. The number of allylic oxidation sites excluding steroid dienone is 1. The van der Waals surface area contributed by atoms with Gasteiger partial charge in [-0.2, -0.15) is 13.2 Å². The number of hydrogen-bond donors (Lipinski definition) is 6. The number of carbonyl (C=O) groups is 3. The van der Waals surface area contributed by atoms with Crippen LogP contribution in [0.4, 0.5) is 13.2 Å². The van der Waals surface area contributed by atoms with Crippen LogP contribution in [0, 0.1) is 11.8 Å². The molecule has 0 bridgehead atoms. The number of Topliss-reactive ketones (excluding diaryl/α,β-unsaturated/α-hetero) is 2. The minimum Gasteiger partial charge on any atom is -0.510 e. The summed E-state index contributed by atoms with van der Waals surface area (Å²) in [6.07, 6.45) is -5.71. The van der Waals surface area contributed by atoms with E-state index in [0.717, 1.165) is 11.6 Å². The van der Waals surface area contributed by atoms with Crippen molar-refractivity contribution in [3.8, 4) is 5.75 Å². The fraction of sp³-hybridized carbons (Fsp3) is 0.367. The number of aromatic hydroxyl groups is 1. The first kappa shape index (κ1) is 30.3. The van der Waals surface area contributed by atoms with Crippen molar-refractivity contribution >= 4 is 17.5 Å². The van der Waals surface area contributed by atoms with Crippen LogP contribution in [0.2, 0.25) is 0 Å². The van der Waals surface area contributed by atoms with Gasteiger partial charge in [0, 0.05) is 24.6 Å². The van der Waals surface area contributed by atoms with E-state index in [2.05, 4.69) is 5.32 Å². The summed E-state index contributed by atoms with van der Waals surface area (Å²) < 4.78 is 43.8. The molecule has 0 unspecified atom stereocenters. The fourth-order valence-electron chi connectivity index (χ4n) is 6.82. The number of nitrogens with zero attached hydrogens (tertiary/aromatic N) is 1. The van der Waals surface area contributed by atoms with Crippen LogP contribution in [-0.4, -0.2) is 68.5 Å². The maximum Gasteiger partial charge on any atom is 0.417 e. The van der Waals surface area contributed by atoms with Crippen molar-refractivity contribution in [3.05, 3.63) is 86.9 Å². The number of aliphatic hydroxyl groups excluding tert-OH is 2. The van der Waals surface area contributed by atoms with Crippen molar-refractivity contribution < 1.29 is 48.0 Å². The minimum atomic E-state index is -4.93. The van der Waals surface area contributed by atoms with E-state index in [0.29, 0.717) is 0 Å². The standard InChI is InChI=1S/C30H30F3N3O7/c1-36(2)23-17-9-14-8-16-20(24(38)19(14)26(40)29(17,43)27(41)21(25(23)39)28(34)42)18(37)10-15(22(16)30(31,32)33)12-35-11-13-6-4-3-5-7-13/h3-7,10,14,17,23,35,37,39-40,43H,8-9,11-12H2,1-2H3,(H2,34,42)/t14-,17-,23-,29-/m0/s1. The van der Waals surface area contributed by atoms with Crippen molar-refractivity contribution in [1.82, 2.24) is 10.2 Å². The molecule has 5 rings (SSSR count). The number of benzene rings is 2. The number of rotatable bonds is 6. The molecule has 7 N–H and O–H groups in total. The summed E-state index contributed by atoms with van der Waals surface area (Å²) in [6, 6.07) is 8.54. The quantitative estimate of drug-likeness (QED) is 0.272. The molecule has 228 valence electrons. The Morgan fingerprint density at radius 1 is 1.12 bits per heavy atom. The zero-order valence-electron chi connectivity index (χ0n) is 23.2. The average molecular weight is 602 g/mol. The fourth-order valence-corrected chi connectivity index (χ4v) is 6.82. The van der Waals surface area contributed by atoms with Crippen molar-refractivity contribution in [2.45, 2.75) is 43.8 Å². The number of phenols is 1. The third-order valence-electron chi connectivity index (χ3n) is 8.58. The van der Waals surface area contributed by atoms with Crippen LogP contribution in [0.3, 0.4) is 0 Å².